The molecule has 83 heavy (non-hydrogen) atoms. The Hall–Kier alpha value is -3.07. The van der Waals surface area contributed by atoms with Crippen LogP contribution in [0.15, 0.2) is 97.2 Å². The average Bonchev–Trinajstić information content (AvgIpc) is 3.51. The van der Waals surface area contributed by atoms with Crippen LogP contribution in [-0.4, -0.2) is 69.4 Å². The molecule has 0 saturated carbocycles. The zero-order valence-corrected chi connectivity index (χ0v) is 55.8. The lowest BCUT2D eigenvalue weighted by Crippen LogP contribution is -2.47. The number of rotatable bonds is 62. The first-order chi connectivity index (χ1) is 40.4. The van der Waals surface area contributed by atoms with Crippen molar-refractivity contribution in [2.75, 3.05) is 40.9 Å². The SMILES string of the molecule is CC/C=C\C/C=C\C/C=C\C/C=C\C/C=C\CCCCCCCC(=O)OC(/C=C\CCCCCCCCCCC)C(COP(=O)([O-])OCC[N+](C)(C)C)NC(=O)CCCCCCCCCCCCCCCCC/C=C\C/C=C\CCCCC. The molecule has 0 bridgehead atoms. The molecule has 1 N–H and O–H groups in total. The summed E-state index contributed by atoms with van der Waals surface area (Å²) in [6.45, 7) is 6.70. The van der Waals surface area contributed by atoms with Crippen molar-refractivity contribution < 1.29 is 37.3 Å². The van der Waals surface area contributed by atoms with E-state index in [9.17, 15) is 19.0 Å². The van der Waals surface area contributed by atoms with Crippen molar-refractivity contribution in [1.29, 1.82) is 0 Å². The number of likely N-dealkylation sites (N-methyl/N-ethyl adjacent to an activating group) is 1. The number of hydrogen-bond donors (Lipinski definition) is 1. The number of nitrogens with zero attached hydrogens (tertiary/aromatic N) is 1. The largest absolute Gasteiger partial charge is 0.756 e. The minimum atomic E-state index is -4.71. The summed E-state index contributed by atoms with van der Waals surface area (Å²) in [5, 5.41) is 3.03. The minimum absolute atomic E-state index is 0.0290. The highest BCUT2D eigenvalue weighted by Crippen LogP contribution is 2.38. The van der Waals surface area contributed by atoms with Crippen LogP contribution in [0.3, 0.4) is 0 Å². The number of ether oxygens (including phenoxy) is 1. The molecule has 0 fully saturated rings. The second kappa shape index (κ2) is 62.0. The number of unbranched alkanes of at least 4 members (excludes halogenated alkanes) is 32. The van der Waals surface area contributed by atoms with E-state index in [0.717, 1.165) is 109 Å². The van der Waals surface area contributed by atoms with E-state index in [0.29, 0.717) is 23.9 Å². The maximum atomic E-state index is 13.6. The number of amides is 1. The second-order valence-electron chi connectivity index (χ2n) is 24.3. The van der Waals surface area contributed by atoms with Crippen molar-refractivity contribution in [2.45, 2.75) is 315 Å². The van der Waals surface area contributed by atoms with Gasteiger partial charge in [-0.25, -0.2) is 0 Å². The molecule has 0 heterocycles. The van der Waals surface area contributed by atoms with Gasteiger partial charge in [0.2, 0.25) is 5.91 Å². The van der Waals surface area contributed by atoms with Crippen molar-refractivity contribution in [2.24, 2.45) is 0 Å². The number of nitrogens with one attached hydrogen (secondary N) is 1. The second-order valence-corrected chi connectivity index (χ2v) is 25.7. The van der Waals surface area contributed by atoms with Gasteiger partial charge in [-0.05, 0) is 109 Å². The molecule has 10 heteroatoms. The van der Waals surface area contributed by atoms with E-state index in [1.165, 1.54) is 154 Å². The summed E-state index contributed by atoms with van der Waals surface area (Å²) in [5.74, 6) is -0.561. The number of esters is 1. The molecule has 0 saturated heterocycles. The number of quaternary nitrogens is 1. The van der Waals surface area contributed by atoms with Gasteiger partial charge in [-0.1, -0.05) is 279 Å². The van der Waals surface area contributed by atoms with Crippen LogP contribution >= 0.6 is 7.82 Å². The Morgan fingerprint density at radius 1 is 0.434 bits per heavy atom. The number of carbonyl (C=O) groups is 2. The Morgan fingerprint density at radius 2 is 0.771 bits per heavy atom. The van der Waals surface area contributed by atoms with Gasteiger partial charge in [0.05, 0.1) is 33.8 Å². The third kappa shape index (κ3) is 63.3. The Morgan fingerprint density at radius 3 is 1.18 bits per heavy atom. The number of allylic oxidation sites excluding steroid dienone is 15. The quantitative estimate of drug-likeness (QED) is 0.0212. The monoisotopic (exact) mass is 1180 g/mol. The van der Waals surface area contributed by atoms with Gasteiger partial charge in [-0.3, -0.25) is 14.2 Å². The zero-order chi connectivity index (χ0) is 60.7. The van der Waals surface area contributed by atoms with Crippen LogP contribution in [0.4, 0.5) is 0 Å². The molecule has 3 atom stereocenters. The first-order valence-corrected chi connectivity index (χ1v) is 36.0. The van der Waals surface area contributed by atoms with Crippen LogP contribution < -0.4 is 10.2 Å². The highest BCUT2D eigenvalue weighted by Gasteiger charge is 2.27. The Kier molecular flexibility index (Phi) is 59.7. The summed E-state index contributed by atoms with van der Waals surface area (Å²) in [4.78, 5) is 40.1. The van der Waals surface area contributed by atoms with Crippen molar-refractivity contribution in [3.63, 3.8) is 0 Å². The van der Waals surface area contributed by atoms with Crippen LogP contribution in [0.25, 0.3) is 0 Å². The van der Waals surface area contributed by atoms with Gasteiger partial charge in [0.15, 0.2) is 0 Å². The maximum Gasteiger partial charge on any atom is 0.306 e. The molecule has 0 aliphatic carbocycles. The molecule has 0 aliphatic rings. The molecule has 9 nitrogen and oxygen atoms in total. The van der Waals surface area contributed by atoms with Gasteiger partial charge in [0, 0.05) is 12.8 Å². The van der Waals surface area contributed by atoms with E-state index < -0.39 is 26.6 Å². The Labute approximate surface area is 513 Å². The van der Waals surface area contributed by atoms with Gasteiger partial charge in [0.25, 0.3) is 7.82 Å². The molecule has 3 unspecified atom stereocenters. The molecule has 0 spiro atoms. The molecule has 0 rings (SSSR count). The summed E-state index contributed by atoms with van der Waals surface area (Å²) in [7, 11) is 1.17. The van der Waals surface area contributed by atoms with E-state index >= 15 is 0 Å². The summed E-state index contributed by atoms with van der Waals surface area (Å²) in [6, 6.07) is -0.902. The lowest BCUT2D eigenvalue weighted by atomic mass is 10.0. The van der Waals surface area contributed by atoms with Gasteiger partial charge in [-0.15, -0.1) is 0 Å². The summed E-state index contributed by atoms with van der Waals surface area (Å²) in [6.07, 6.45) is 83.9. The Balaban J connectivity index is 5.08. The van der Waals surface area contributed by atoms with Crippen LogP contribution in [0.1, 0.15) is 303 Å². The van der Waals surface area contributed by atoms with E-state index in [1.54, 1.807) is 0 Å². The number of carbonyl (C=O) groups excluding carboxylic acids is 2. The summed E-state index contributed by atoms with van der Waals surface area (Å²) < 4.78 is 30.4. The fourth-order valence-corrected chi connectivity index (χ4v) is 10.4. The number of phosphoric acid groups is 1. The van der Waals surface area contributed by atoms with Crippen LogP contribution in [0, 0.1) is 0 Å². The first kappa shape index (κ1) is 79.9. The summed E-state index contributed by atoms with van der Waals surface area (Å²) in [5.41, 5.74) is 0. The van der Waals surface area contributed by atoms with Crippen molar-refractivity contribution in [3.05, 3.63) is 97.2 Å². The average molecular weight is 1180 g/mol. The first-order valence-electron chi connectivity index (χ1n) is 34.5. The van der Waals surface area contributed by atoms with Crippen molar-refractivity contribution in [3.8, 4) is 0 Å². The van der Waals surface area contributed by atoms with Gasteiger partial charge in [0.1, 0.15) is 19.3 Å². The predicted octanol–water partition coefficient (Wildman–Crippen LogP) is 21.3. The smallest absolute Gasteiger partial charge is 0.306 e. The van der Waals surface area contributed by atoms with Crippen LogP contribution in [0.5, 0.6) is 0 Å². The third-order valence-corrected chi connectivity index (χ3v) is 16.0. The lowest BCUT2D eigenvalue weighted by molar-refractivity contribution is -0.870. The van der Waals surface area contributed by atoms with Crippen molar-refractivity contribution >= 4 is 19.7 Å². The molecule has 0 aromatic heterocycles. The highest BCUT2D eigenvalue weighted by atomic mass is 31.2. The molecule has 0 aliphatic heterocycles. The van der Waals surface area contributed by atoms with Crippen molar-refractivity contribution in [1.82, 2.24) is 5.32 Å². The van der Waals surface area contributed by atoms with E-state index in [1.807, 2.05) is 33.3 Å². The maximum absolute atomic E-state index is 13.6. The fraction of sp³-hybridized carbons (Fsp3) is 0.753. The van der Waals surface area contributed by atoms with E-state index in [-0.39, 0.29) is 24.9 Å². The van der Waals surface area contributed by atoms with E-state index in [4.69, 9.17) is 13.8 Å². The lowest BCUT2D eigenvalue weighted by Gasteiger charge is -2.30. The van der Waals surface area contributed by atoms with Gasteiger partial charge >= 0.3 is 5.97 Å². The number of phosphoric ester groups is 1. The summed E-state index contributed by atoms with van der Waals surface area (Å²) >= 11 is 0. The molecular weight excluding hydrogens is 1050 g/mol. The normalized spacial score (nSPS) is 14.2. The number of hydrogen-bond acceptors (Lipinski definition) is 7. The van der Waals surface area contributed by atoms with E-state index in [2.05, 4.69) is 111 Å². The standard InChI is InChI=1S/C73H131N2O7P/c1-7-10-13-16-19-22-25-27-29-31-33-35-36-37-38-40-41-43-45-47-50-53-56-59-62-65-72(76)74-70(69-81-83(78,79)80-68-67-75(4,5)6)71(64-61-58-55-52-49-24-21-18-15-12-9-3)82-73(77)66-63-60-57-54-51-48-46-44-42-39-34-32-30-28-26-23-20-17-14-11-8-2/h11,14,19-20,22-23,27-30,34,39,44,46,61,64,70-71H,7-10,12-13,15-18,21,24-26,31-33,35-38,40-43,45,47-60,62-63,65-69H2,1-6H3,(H-,74,76,78,79)/b14-11-,22-19-,23-20-,29-27-,30-28-,39-34-,46-44-,64-61-. The third-order valence-electron chi connectivity index (χ3n) is 15.0. The molecule has 480 valence electrons. The molecule has 1 amide bonds. The molecule has 0 radical (unpaired) electrons. The minimum Gasteiger partial charge on any atom is -0.756 e. The Bertz CT molecular complexity index is 1740. The topological polar surface area (TPSA) is 114 Å². The van der Waals surface area contributed by atoms with Gasteiger partial charge < -0.3 is 28.5 Å². The van der Waals surface area contributed by atoms with Crippen LogP contribution in [-0.2, 0) is 27.9 Å². The highest BCUT2D eigenvalue weighted by molar-refractivity contribution is 7.45. The predicted molar refractivity (Wildman–Crippen MR) is 358 cm³/mol. The van der Waals surface area contributed by atoms with Gasteiger partial charge in [-0.2, -0.15) is 0 Å². The van der Waals surface area contributed by atoms with Crippen LogP contribution in [0.2, 0.25) is 0 Å². The molecular formula is C73H131N2O7P. The fourth-order valence-electron chi connectivity index (χ4n) is 9.70. The molecule has 0 aromatic rings. The zero-order valence-electron chi connectivity index (χ0n) is 54.9. The molecule has 0 aromatic carbocycles.